The number of rotatable bonds is 5. The van der Waals surface area contributed by atoms with Crippen molar-refractivity contribution < 1.29 is 12.8 Å². The second-order valence-electron chi connectivity index (χ2n) is 5.52. The summed E-state index contributed by atoms with van der Waals surface area (Å²) in [4.78, 5) is 2.26. The molecule has 21 heavy (non-hydrogen) atoms. The lowest BCUT2D eigenvalue weighted by atomic mass is 10.2. The zero-order valence-corrected chi connectivity index (χ0v) is 13.2. The number of likely N-dealkylation sites (tertiary alicyclic amines) is 1. The Morgan fingerprint density at radius 1 is 1.48 bits per heavy atom. The van der Waals surface area contributed by atoms with E-state index in [1.54, 1.807) is 7.05 Å². The van der Waals surface area contributed by atoms with Gasteiger partial charge < -0.3 is 10.6 Å². The number of halogens is 1. The van der Waals surface area contributed by atoms with Gasteiger partial charge >= 0.3 is 0 Å². The summed E-state index contributed by atoms with van der Waals surface area (Å²) in [6.45, 7) is 1.41. The standard InChI is InChI=1S/C14H22FN3O2S/c1-17-7-3-4-12(17)10-18(2)21(19,20)13-5-6-14(15)11(8-13)9-16/h5-6,8,12H,3-4,7,9-10,16H2,1-2H3. The maximum Gasteiger partial charge on any atom is 0.242 e. The van der Waals surface area contributed by atoms with Crippen LogP contribution < -0.4 is 5.73 Å². The van der Waals surface area contributed by atoms with E-state index in [1.807, 2.05) is 7.05 Å². The summed E-state index contributed by atoms with van der Waals surface area (Å²) in [6, 6.07) is 4.00. The van der Waals surface area contributed by atoms with Crippen LogP contribution in [-0.2, 0) is 16.6 Å². The molecule has 1 aliphatic heterocycles. The van der Waals surface area contributed by atoms with Gasteiger partial charge in [-0.25, -0.2) is 12.8 Å². The minimum Gasteiger partial charge on any atom is -0.326 e. The van der Waals surface area contributed by atoms with E-state index in [9.17, 15) is 12.8 Å². The number of likely N-dealkylation sites (N-methyl/N-ethyl adjacent to an activating group) is 2. The molecule has 2 rings (SSSR count). The summed E-state index contributed by atoms with van der Waals surface area (Å²) in [6.07, 6.45) is 2.08. The summed E-state index contributed by atoms with van der Waals surface area (Å²) < 4.78 is 39.9. The number of sulfonamides is 1. The van der Waals surface area contributed by atoms with Crippen LogP contribution in [-0.4, -0.2) is 50.8 Å². The van der Waals surface area contributed by atoms with Crippen LogP contribution in [0.4, 0.5) is 4.39 Å². The summed E-state index contributed by atoms with van der Waals surface area (Å²) in [5.74, 6) is -0.477. The monoisotopic (exact) mass is 315 g/mol. The SMILES string of the molecule is CN1CCCC1CN(C)S(=O)(=O)c1ccc(F)c(CN)c1. The molecule has 1 saturated heterocycles. The predicted molar refractivity (Wildman–Crippen MR) is 79.8 cm³/mol. The van der Waals surface area contributed by atoms with E-state index < -0.39 is 15.8 Å². The molecule has 7 heteroatoms. The fourth-order valence-corrected chi connectivity index (χ4v) is 3.91. The summed E-state index contributed by atoms with van der Waals surface area (Å²) in [7, 11) is -0.0498. The van der Waals surface area contributed by atoms with E-state index in [1.165, 1.54) is 16.4 Å². The highest BCUT2D eigenvalue weighted by atomic mass is 32.2. The molecule has 0 saturated carbocycles. The minimum absolute atomic E-state index is 0.0235. The molecule has 1 aromatic rings. The van der Waals surface area contributed by atoms with Crippen molar-refractivity contribution in [2.75, 3.05) is 27.2 Å². The molecule has 0 aliphatic carbocycles. The van der Waals surface area contributed by atoms with Gasteiger partial charge in [0, 0.05) is 31.7 Å². The molecule has 1 fully saturated rings. The first-order valence-corrected chi connectivity index (χ1v) is 8.45. The van der Waals surface area contributed by atoms with Gasteiger partial charge in [-0.2, -0.15) is 4.31 Å². The van der Waals surface area contributed by atoms with E-state index >= 15 is 0 Å². The summed E-state index contributed by atoms with van der Waals surface area (Å²) in [5.41, 5.74) is 5.64. The van der Waals surface area contributed by atoms with Crippen LogP contribution in [0.3, 0.4) is 0 Å². The molecule has 1 unspecified atom stereocenters. The molecule has 1 aromatic carbocycles. The maximum absolute atomic E-state index is 13.4. The van der Waals surface area contributed by atoms with Crippen LogP contribution >= 0.6 is 0 Å². The molecule has 2 N–H and O–H groups in total. The molecule has 0 bridgehead atoms. The number of hydrogen-bond donors (Lipinski definition) is 1. The third kappa shape index (κ3) is 3.42. The maximum atomic E-state index is 13.4. The summed E-state index contributed by atoms with van der Waals surface area (Å²) in [5, 5.41) is 0. The van der Waals surface area contributed by atoms with Crippen molar-refractivity contribution in [2.45, 2.75) is 30.3 Å². The third-order valence-corrected chi connectivity index (χ3v) is 5.90. The van der Waals surface area contributed by atoms with Crippen molar-refractivity contribution in [3.8, 4) is 0 Å². The first-order valence-electron chi connectivity index (χ1n) is 7.01. The lowest BCUT2D eigenvalue weighted by Crippen LogP contribution is -2.39. The Morgan fingerprint density at radius 2 is 2.19 bits per heavy atom. The minimum atomic E-state index is -3.61. The second-order valence-corrected chi connectivity index (χ2v) is 7.56. The Hall–Kier alpha value is -1.02. The van der Waals surface area contributed by atoms with E-state index in [-0.39, 0.29) is 23.0 Å². The van der Waals surface area contributed by atoms with Crippen LogP contribution in [0.25, 0.3) is 0 Å². The average Bonchev–Trinajstić information content (AvgIpc) is 2.84. The Bertz CT molecular complexity index is 606. The molecule has 1 heterocycles. The Morgan fingerprint density at radius 3 is 2.76 bits per heavy atom. The molecule has 0 spiro atoms. The van der Waals surface area contributed by atoms with Gasteiger partial charge in [0.05, 0.1) is 4.90 Å². The highest BCUT2D eigenvalue weighted by molar-refractivity contribution is 7.89. The zero-order valence-electron chi connectivity index (χ0n) is 12.4. The Kier molecular flexibility index (Phi) is 4.98. The van der Waals surface area contributed by atoms with E-state index in [2.05, 4.69) is 4.90 Å². The smallest absolute Gasteiger partial charge is 0.242 e. The second kappa shape index (κ2) is 6.39. The fraction of sp³-hybridized carbons (Fsp3) is 0.571. The van der Waals surface area contributed by atoms with Gasteiger partial charge in [0.15, 0.2) is 0 Å². The molecule has 1 atom stereocenters. The predicted octanol–water partition coefficient (Wildman–Crippen LogP) is 0.999. The van der Waals surface area contributed by atoms with Crippen LogP contribution in [0.1, 0.15) is 18.4 Å². The highest BCUT2D eigenvalue weighted by Gasteiger charge is 2.28. The topological polar surface area (TPSA) is 66.6 Å². The lowest BCUT2D eigenvalue weighted by molar-refractivity contribution is 0.271. The van der Waals surface area contributed by atoms with E-state index in [0.717, 1.165) is 25.5 Å². The number of nitrogens with two attached hydrogens (primary N) is 1. The van der Waals surface area contributed by atoms with Crippen molar-refractivity contribution in [3.05, 3.63) is 29.6 Å². The molecule has 0 radical (unpaired) electrons. The van der Waals surface area contributed by atoms with Gasteiger partial charge in [-0.3, -0.25) is 0 Å². The lowest BCUT2D eigenvalue weighted by Gasteiger charge is -2.25. The van der Waals surface area contributed by atoms with Gasteiger partial charge in [-0.05, 0) is 44.6 Å². The number of benzene rings is 1. The highest BCUT2D eigenvalue weighted by Crippen LogP contribution is 2.21. The van der Waals surface area contributed by atoms with Crippen LogP contribution in [0.2, 0.25) is 0 Å². The van der Waals surface area contributed by atoms with Crippen molar-refractivity contribution in [1.82, 2.24) is 9.21 Å². The van der Waals surface area contributed by atoms with Gasteiger partial charge in [0.25, 0.3) is 0 Å². The molecule has 0 amide bonds. The fourth-order valence-electron chi connectivity index (χ4n) is 2.65. The third-order valence-electron chi connectivity index (χ3n) is 4.08. The summed E-state index contributed by atoms with van der Waals surface area (Å²) >= 11 is 0. The Labute approximate surface area is 125 Å². The van der Waals surface area contributed by atoms with Gasteiger partial charge in [-0.15, -0.1) is 0 Å². The zero-order chi connectivity index (χ0) is 15.6. The van der Waals surface area contributed by atoms with Crippen LogP contribution in [0, 0.1) is 5.82 Å². The van der Waals surface area contributed by atoms with Crippen molar-refractivity contribution in [1.29, 1.82) is 0 Å². The average molecular weight is 315 g/mol. The first kappa shape index (κ1) is 16.4. The van der Waals surface area contributed by atoms with E-state index in [0.29, 0.717) is 6.54 Å². The largest absolute Gasteiger partial charge is 0.326 e. The van der Waals surface area contributed by atoms with Gasteiger partial charge in [0.1, 0.15) is 5.82 Å². The van der Waals surface area contributed by atoms with Crippen LogP contribution in [0.15, 0.2) is 23.1 Å². The molecule has 5 nitrogen and oxygen atoms in total. The van der Waals surface area contributed by atoms with Crippen molar-refractivity contribution in [3.63, 3.8) is 0 Å². The first-order chi connectivity index (χ1) is 9.86. The Balaban J connectivity index is 2.20. The molecular formula is C14H22FN3O2S. The van der Waals surface area contributed by atoms with Gasteiger partial charge in [-0.1, -0.05) is 0 Å². The molecule has 118 valence electrons. The quantitative estimate of drug-likeness (QED) is 0.880. The molecule has 1 aliphatic rings. The van der Waals surface area contributed by atoms with Crippen LogP contribution in [0.5, 0.6) is 0 Å². The number of hydrogen-bond acceptors (Lipinski definition) is 4. The van der Waals surface area contributed by atoms with E-state index in [4.69, 9.17) is 5.73 Å². The number of nitrogens with zero attached hydrogens (tertiary/aromatic N) is 2. The normalized spacial score (nSPS) is 20.3. The molecule has 0 aromatic heterocycles. The van der Waals surface area contributed by atoms with Gasteiger partial charge in [0.2, 0.25) is 10.0 Å². The molecular weight excluding hydrogens is 293 g/mol. The van der Waals surface area contributed by atoms with Crippen molar-refractivity contribution >= 4 is 10.0 Å². The van der Waals surface area contributed by atoms with Crippen molar-refractivity contribution in [2.24, 2.45) is 5.73 Å².